The van der Waals surface area contributed by atoms with Crippen molar-refractivity contribution in [2.45, 2.75) is 19.1 Å². The number of morpholine rings is 1. The molecule has 94 valence electrons. The number of hydrogen-bond donors (Lipinski definition) is 0. The van der Waals surface area contributed by atoms with Gasteiger partial charge in [-0.1, -0.05) is 0 Å². The standard InChI is InChI=1S/C11H13BrClNO3/c1-7-6-16-8(4-13)5-14(7)11(15)9-2-3-10(12)17-9/h2-3,7-8H,4-6H2,1H3. The number of furan rings is 1. The van der Waals surface area contributed by atoms with E-state index in [4.69, 9.17) is 20.8 Å². The van der Waals surface area contributed by atoms with E-state index in [0.717, 1.165) is 0 Å². The topological polar surface area (TPSA) is 42.7 Å². The molecule has 1 aromatic rings. The van der Waals surface area contributed by atoms with Crippen molar-refractivity contribution < 1.29 is 13.9 Å². The highest BCUT2D eigenvalue weighted by molar-refractivity contribution is 9.10. The fourth-order valence-corrected chi connectivity index (χ4v) is 2.26. The Balaban J connectivity index is 2.12. The van der Waals surface area contributed by atoms with Crippen molar-refractivity contribution in [2.75, 3.05) is 19.0 Å². The smallest absolute Gasteiger partial charge is 0.290 e. The molecular formula is C11H13BrClNO3. The predicted molar refractivity (Wildman–Crippen MR) is 67.4 cm³/mol. The lowest BCUT2D eigenvalue weighted by atomic mass is 10.2. The lowest BCUT2D eigenvalue weighted by molar-refractivity contribution is -0.0381. The summed E-state index contributed by atoms with van der Waals surface area (Å²) >= 11 is 8.94. The number of halogens is 2. The molecule has 6 heteroatoms. The van der Waals surface area contributed by atoms with Gasteiger partial charge < -0.3 is 14.1 Å². The highest BCUT2D eigenvalue weighted by atomic mass is 79.9. The predicted octanol–water partition coefficient (Wildman–Crippen LogP) is 2.51. The van der Waals surface area contributed by atoms with Crippen molar-refractivity contribution in [3.8, 4) is 0 Å². The second-order valence-electron chi connectivity index (χ2n) is 4.02. The molecule has 1 amide bonds. The maximum Gasteiger partial charge on any atom is 0.290 e. The first-order chi connectivity index (χ1) is 8.11. The largest absolute Gasteiger partial charge is 0.444 e. The molecule has 0 aromatic carbocycles. The van der Waals surface area contributed by atoms with Gasteiger partial charge in [-0.05, 0) is 35.0 Å². The Morgan fingerprint density at radius 3 is 3.00 bits per heavy atom. The Bertz CT molecular complexity index is 409. The summed E-state index contributed by atoms with van der Waals surface area (Å²) in [5, 5.41) is 0. The van der Waals surface area contributed by atoms with E-state index >= 15 is 0 Å². The van der Waals surface area contributed by atoms with Gasteiger partial charge >= 0.3 is 0 Å². The number of hydrogen-bond acceptors (Lipinski definition) is 3. The lowest BCUT2D eigenvalue weighted by Gasteiger charge is -2.36. The van der Waals surface area contributed by atoms with Gasteiger partial charge in [-0.25, -0.2) is 0 Å². The number of rotatable bonds is 2. The van der Waals surface area contributed by atoms with Gasteiger partial charge in [0.05, 0.1) is 24.6 Å². The molecule has 1 aromatic heterocycles. The van der Waals surface area contributed by atoms with Crippen LogP contribution in [0.2, 0.25) is 0 Å². The van der Waals surface area contributed by atoms with Crippen LogP contribution in [-0.4, -0.2) is 42.0 Å². The zero-order valence-electron chi connectivity index (χ0n) is 9.36. The van der Waals surface area contributed by atoms with Crippen molar-refractivity contribution in [3.05, 3.63) is 22.6 Å². The minimum Gasteiger partial charge on any atom is -0.444 e. The number of alkyl halides is 1. The average molecular weight is 323 g/mol. The first-order valence-electron chi connectivity index (χ1n) is 5.35. The van der Waals surface area contributed by atoms with Gasteiger partial charge in [0.25, 0.3) is 5.91 Å². The highest BCUT2D eigenvalue weighted by Crippen LogP contribution is 2.20. The molecule has 0 spiro atoms. The summed E-state index contributed by atoms with van der Waals surface area (Å²) in [7, 11) is 0. The molecule has 1 aliphatic heterocycles. The van der Waals surface area contributed by atoms with E-state index in [1.54, 1.807) is 17.0 Å². The fourth-order valence-electron chi connectivity index (χ4n) is 1.76. The third kappa shape index (κ3) is 2.84. The Kier molecular flexibility index (Phi) is 4.12. The van der Waals surface area contributed by atoms with E-state index in [-0.39, 0.29) is 18.1 Å². The SMILES string of the molecule is CC1COC(CCl)CN1C(=O)c1ccc(Br)o1. The van der Waals surface area contributed by atoms with Gasteiger partial charge in [0.1, 0.15) is 0 Å². The van der Waals surface area contributed by atoms with Crippen molar-refractivity contribution in [3.63, 3.8) is 0 Å². The molecule has 0 bridgehead atoms. The molecular weight excluding hydrogens is 309 g/mol. The van der Waals surface area contributed by atoms with Gasteiger partial charge in [0, 0.05) is 6.54 Å². The third-order valence-corrected chi connectivity index (χ3v) is 3.49. The molecule has 0 N–H and O–H groups in total. The van der Waals surface area contributed by atoms with Crippen LogP contribution >= 0.6 is 27.5 Å². The van der Waals surface area contributed by atoms with Crippen LogP contribution in [0, 0.1) is 0 Å². The minimum absolute atomic E-state index is 0.0332. The van der Waals surface area contributed by atoms with E-state index in [2.05, 4.69) is 15.9 Å². The number of carbonyl (C=O) groups excluding carboxylic acids is 1. The van der Waals surface area contributed by atoms with Crippen LogP contribution in [0.5, 0.6) is 0 Å². The molecule has 4 nitrogen and oxygen atoms in total. The molecule has 1 saturated heterocycles. The summed E-state index contributed by atoms with van der Waals surface area (Å²) in [5.41, 5.74) is 0. The second kappa shape index (κ2) is 5.42. The molecule has 17 heavy (non-hydrogen) atoms. The Morgan fingerprint density at radius 2 is 2.41 bits per heavy atom. The summed E-state index contributed by atoms with van der Waals surface area (Å²) in [4.78, 5) is 13.9. The summed E-state index contributed by atoms with van der Waals surface area (Å²) in [6.45, 7) is 2.95. The molecule has 2 heterocycles. The van der Waals surface area contributed by atoms with Gasteiger partial charge in [-0.3, -0.25) is 4.79 Å². The van der Waals surface area contributed by atoms with Crippen LogP contribution in [0.4, 0.5) is 0 Å². The third-order valence-electron chi connectivity index (χ3n) is 2.72. The Labute approximate surface area is 113 Å². The summed E-state index contributed by atoms with van der Waals surface area (Å²) < 4.78 is 11.3. The molecule has 1 fully saturated rings. The molecule has 0 radical (unpaired) electrons. The second-order valence-corrected chi connectivity index (χ2v) is 5.11. The molecule has 0 saturated carbocycles. The number of ether oxygens (including phenoxy) is 1. The first kappa shape index (κ1) is 12.9. The number of carbonyl (C=O) groups is 1. The highest BCUT2D eigenvalue weighted by Gasteiger charge is 2.31. The monoisotopic (exact) mass is 321 g/mol. The van der Waals surface area contributed by atoms with E-state index < -0.39 is 0 Å². The van der Waals surface area contributed by atoms with Gasteiger partial charge in [0.15, 0.2) is 10.4 Å². The van der Waals surface area contributed by atoms with Crippen molar-refractivity contribution in [1.29, 1.82) is 0 Å². The summed E-state index contributed by atoms with van der Waals surface area (Å²) in [6.07, 6.45) is -0.102. The van der Waals surface area contributed by atoms with E-state index in [1.807, 2.05) is 6.92 Å². The summed E-state index contributed by atoms with van der Waals surface area (Å²) in [5.74, 6) is 0.596. The average Bonchev–Trinajstić information content (AvgIpc) is 2.76. The molecule has 1 aliphatic rings. The van der Waals surface area contributed by atoms with Crippen LogP contribution < -0.4 is 0 Å². The van der Waals surface area contributed by atoms with Gasteiger partial charge in [-0.2, -0.15) is 0 Å². The van der Waals surface area contributed by atoms with E-state index in [0.29, 0.717) is 29.5 Å². The van der Waals surface area contributed by atoms with Gasteiger partial charge in [0.2, 0.25) is 0 Å². The number of amides is 1. The number of nitrogens with zero attached hydrogens (tertiary/aromatic N) is 1. The maximum atomic E-state index is 12.2. The van der Waals surface area contributed by atoms with Crippen LogP contribution in [-0.2, 0) is 4.74 Å². The molecule has 2 atom stereocenters. The lowest BCUT2D eigenvalue weighted by Crippen LogP contribution is -2.51. The quantitative estimate of drug-likeness (QED) is 0.786. The van der Waals surface area contributed by atoms with E-state index in [1.165, 1.54) is 0 Å². The maximum absolute atomic E-state index is 12.2. The molecule has 2 unspecified atom stereocenters. The van der Waals surface area contributed by atoms with Gasteiger partial charge in [-0.15, -0.1) is 11.6 Å². The summed E-state index contributed by atoms with van der Waals surface area (Å²) in [6, 6.07) is 3.40. The van der Waals surface area contributed by atoms with Crippen molar-refractivity contribution in [1.82, 2.24) is 4.90 Å². The van der Waals surface area contributed by atoms with Crippen LogP contribution in [0.3, 0.4) is 0 Å². The normalized spacial score (nSPS) is 25.0. The zero-order chi connectivity index (χ0) is 12.4. The fraction of sp³-hybridized carbons (Fsp3) is 0.545. The van der Waals surface area contributed by atoms with E-state index in [9.17, 15) is 4.79 Å². The Hall–Kier alpha value is -0.520. The zero-order valence-corrected chi connectivity index (χ0v) is 11.7. The molecule has 2 rings (SSSR count). The van der Waals surface area contributed by atoms with Crippen molar-refractivity contribution >= 4 is 33.4 Å². The van der Waals surface area contributed by atoms with Crippen LogP contribution in [0.25, 0.3) is 0 Å². The Morgan fingerprint density at radius 1 is 1.65 bits per heavy atom. The first-order valence-corrected chi connectivity index (χ1v) is 6.68. The van der Waals surface area contributed by atoms with Crippen molar-refractivity contribution in [2.24, 2.45) is 0 Å². The minimum atomic E-state index is -0.124. The molecule has 0 aliphatic carbocycles. The van der Waals surface area contributed by atoms with Crippen LogP contribution in [0.15, 0.2) is 21.2 Å². The van der Waals surface area contributed by atoms with Crippen LogP contribution in [0.1, 0.15) is 17.5 Å².